The normalized spacial score (nSPS) is 13.3. The van der Waals surface area contributed by atoms with E-state index in [0.29, 0.717) is 0 Å². The molecule has 0 unspecified atom stereocenters. The molecule has 3 aromatic rings. The molecule has 0 fully saturated rings. The van der Waals surface area contributed by atoms with Crippen LogP contribution < -0.4 is 16.0 Å². The molecule has 0 radical (unpaired) electrons. The summed E-state index contributed by atoms with van der Waals surface area (Å²) in [6.45, 7) is 0.938. The summed E-state index contributed by atoms with van der Waals surface area (Å²) in [4.78, 5) is 48.3. The fourth-order valence-electron chi connectivity index (χ4n) is 4.55. The molecular weight excluding hydrogens is 514 g/mol. The van der Waals surface area contributed by atoms with E-state index >= 15 is 0 Å². The van der Waals surface area contributed by atoms with Gasteiger partial charge in [-0.05, 0) is 34.7 Å². The lowest BCUT2D eigenvalue weighted by molar-refractivity contribution is -0.146. The van der Waals surface area contributed by atoms with E-state index in [4.69, 9.17) is 9.47 Å². The number of fused-ring (bicyclic) bond motifs is 3. The average molecular weight is 546 g/mol. The van der Waals surface area contributed by atoms with Crippen LogP contribution in [0.2, 0.25) is 0 Å². The van der Waals surface area contributed by atoms with Gasteiger partial charge in [0.2, 0.25) is 11.8 Å². The standard InChI is InChI=1S/C30H31N3O7/c1-19(39-17-20-9-3-2-4-10-20)28(29(36)37)33-27(35)16-31-26(34)15-32-30(38)40-18-25-23-13-7-5-11-21(23)22-12-6-8-14-24(22)25/h2-14,19,25,28H,15-18H2,1H3,(H,31,34)(H,32,38)(H,33,35)(H,36,37)/t19-,28+/m0/s1. The Morgan fingerprint density at radius 3 is 2.00 bits per heavy atom. The van der Waals surface area contributed by atoms with Crippen LogP contribution in [0.1, 0.15) is 29.5 Å². The van der Waals surface area contributed by atoms with E-state index in [9.17, 15) is 24.3 Å². The summed E-state index contributed by atoms with van der Waals surface area (Å²) in [6.07, 6.45) is -1.59. The highest BCUT2D eigenvalue weighted by molar-refractivity contribution is 5.89. The number of carbonyl (C=O) groups excluding carboxylic acids is 3. The van der Waals surface area contributed by atoms with Crippen molar-refractivity contribution >= 4 is 23.9 Å². The molecule has 3 amide bonds. The van der Waals surface area contributed by atoms with Gasteiger partial charge in [-0.25, -0.2) is 9.59 Å². The SMILES string of the molecule is C[C@H](OCc1ccccc1)[C@@H](NC(=O)CNC(=O)CNC(=O)OCC1c2ccccc2-c2ccccc21)C(=O)O. The fraction of sp³-hybridized carbons (Fsp3) is 0.267. The van der Waals surface area contributed by atoms with Gasteiger partial charge in [0.25, 0.3) is 0 Å². The Bertz CT molecular complexity index is 1320. The molecule has 4 rings (SSSR count). The van der Waals surface area contributed by atoms with E-state index in [0.717, 1.165) is 27.8 Å². The maximum atomic E-state index is 12.3. The summed E-state index contributed by atoms with van der Waals surface area (Å²) in [6, 6.07) is 23.8. The van der Waals surface area contributed by atoms with Crippen LogP contribution >= 0.6 is 0 Å². The predicted octanol–water partition coefficient (Wildman–Crippen LogP) is 2.82. The molecule has 0 heterocycles. The van der Waals surface area contributed by atoms with E-state index in [1.54, 1.807) is 6.92 Å². The van der Waals surface area contributed by atoms with Crippen molar-refractivity contribution in [2.75, 3.05) is 19.7 Å². The van der Waals surface area contributed by atoms with Gasteiger partial charge in [-0.15, -0.1) is 0 Å². The third-order valence-corrected chi connectivity index (χ3v) is 6.59. The van der Waals surface area contributed by atoms with Gasteiger partial charge >= 0.3 is 12.1 Å². The zero-order chi connectivity index (χ0) is 28.5. The molecule has 0 bridgehead atoms. The number of hydrogen-bond donors (Lipinski definition) is 4. The molecule has 10 heteroatoms. The molecule has 2 atom stereocenters. The summed E-state index contributed by atoms with van der Waals surface area (Å²) >= 11 is 0. The van der Waals surface area contributed by atoms with Gasteiger partial charge in [-0.2, -0.15) is 0 Å². The predicted molar refractivity (Wildman–Crippen MR) is 146 cm³/mol. The lowest BCUT2D eigenvalue weighted by atomic mass is 9.98. The molecule has 1 aliphatic rings. The van der Waals surface area contributed by atoms with Crippen molar-refractivity contribution < 1.29 is 33.8 Å². The first-order valence-corrected chi connectivity index (χ1v) is 12.9. The van der Waals surface area contributed by atoms with E-state index in [-0.39, 0.29) is 19.1 Å². The minimum absolute atomic E-state index is 0.102. The van der Waals surface area contributed by atoms with Gasteiger partial charge < -0.3 is 30.5 Å². The van der Waals surface area contributed by atoms with E-state index < -0.39 is 49.1 Å². The first kappa shape index (κ1) is 28.3. The molecule has 0 aromatic heterocycles. The number of hydrogen-bond acceptors (Lipinski definition) is 6. The van der Waals surface area contributed by atoms with Crippen LogP contribution in [0.3, 0.4) is 0 Å². The molecule has 1 aliphatic carbocycles. The van der Waals surface area contributed by atoms with Crippen molar-refractivity contribution in [3.05, 3.63) is 95.6 Å². The smallest absolute Gasteiger partial charge is 0.407 e. The number of amides is 3. The Morgan fingerprint density at radius 2 is 1.38 bits per heavy atom. The summed E-state index contributed by atoms with van der Waals surface area (Å²) in [5.41, 5.74) is 5.21. The van der Waals surface area contributed by atoms with Crippen LogP contribution in [0.5, 0.6) is 0 Å². The number of carboxylic acid groups (broad SMARTS) is 1. The Morgan fingerprint density at radius 1 is 0.800 bits per heavy atom. The van der Waals surface area contributed by atoms with Gasteiger partial charge in [0.1, 0.15) is 13.2 Å². The zero-order valence-corrected chi connectivity index (χ0v) is 22.0. The van der Waals surface area contributed by atoms with Crippen LogP contribution in [0, 0.1) is 0 Å². The maximum absolute atomic E-state index is 12.3. The maximum Gasteiger partial charge on any atom is 0.407 e. The minimum Gasteiger partial charge on any atom is -0.480 e. The van der Waals surface area contributed by atoms with E-state index in [1.165, 1.54) is 0 Å². The number of carboxylic acids is 1. The van der Waals surface area contributed by atoms with Crippen molar-refractivity contribution in [1.82, 2.24) is 16.0 Å². The average Bonchev–Trinajstić information content (AvgIpc) is 3.29. The minimum atomic E-state index is -1.31. The lowest BCUT2D eigenvalue weighted by Crippen LogP contribution is -2.51. The molecular formula is C30H31N3O7. The van der Waals surface area contributed by atoms with Crippen LogP contribution in [0.15, 0.2) is 78.9 Å². The number of alkyl carbamates (subject to hydrolysis) is 1. The summed E-state index contributed by atoms with van der Waals surface area (Å²) in [7, 11) is 0. The molecule has 40 heavy (non-hydrogen) atoms. The number of rotatable bonds is 12. The van der Waals surface area contributed by atoms with Crippen LogP contribution in [0.25, 0.3) is 11.1 Å². The second-order valence-electron chi connectivity index (χ2n) is 9.34. The second kappa shape index (κ2) is 13.4. The number of aliphatic carboxylic acids is 1. The molecule has 0 spiro atoms. The monoisotopic (exact) mass is 545 g/mol. The molecule has 4 N–H and O–H groups in total. The van der Waals surface area contributed by atoms with Crippen LogP contribution in [-0.4, -0.2) is 60.8 Å². The first-order chi connectivity index (χ1) is 19.3. The zero-order valence-electron chi connectivity index (χ0n) is 22.0. The van der Waals surface area contributed by atoms with E-state index in [2.05, 4.69) is 16.0 Å². The number of benzene rings is 3. The van der Waals surface area contributed by atoms with Gasteiger partial charge in [0.15, 0.2) is 6.04 Å². The van der Waals surface area contributed by atoms with Crippen molar-refractivity contribution in [2.45, 2.75) is 31.6 Å². The summed E-state index contributed by atoms with van der Waals surface area (Å²) in [5, 5.41) is 16.6. The molecule has 0 saturated heterocycles. The Hall–Kier alpha value is -4.70. The third kappa shape index (κ3) is 7.23. The molecule has 10 nitrogen and oxygen atoms in total. The topological polar surface area (TPSA) is 143 Å². The largest absolute Gasteiger partial charge is 0.480 e. The van der Waals surface area contributed by atoms with Crippen molar-refractivity contribution in [3.63, 3.8) is 0 Å². The quantitative estimate of drug-likeness (QED) is 0.274. The highest BCUT2D eigenvalue weighted by Crippen LogP contribution is 2.44. The Kier molecular flexibility index (Phi) is 9.48. The first-order valence-electron chi connectivity index (χ1n) is 12.9. The summed E-state index contributed by atoms with van der Waals surface area (Å²) in [5.74, 6) is -2.73. The van der Waals surface area contributed by atoms with Gasteiger partial charge in [0, 0.05) is 5.92 Å². The van der Waals surface area contributed by atoms with E-state index in [1.807, 2.05) is 78.9 Å². The van der Waals surface area contributed by atoms with Gasteiger partial charge in [-0.1, -0.05) is 78.9 Å². The summed E-state index contributed by atoms with van der Waals surface area (Å²) < 4.78 is 11.0. The van der Waals surface area contributed by atoms with Gasteiger partial charge in [0.05, 0.1) is 19.3 Å². The highest BCUT2D eigenvalue weighted by atomic mass is 16.5. The number of nitrogens with one attached hydrogen (secondary N) is 3. The molecule has 0 aliphatic heterocycles. The van der Waals surface area contributed by atoms with Crippen molar-refractivity contribution in [1.29, 1.82) is 0 Å². The Labute approximate surface area is 231 Å². The lowest BCUT2D eigenvalue weighted by Gasteiger charge is -2.22. The second-order valence-corrected chi connectivity index (χ2v) is 9.34. The Balaban J connectivity index is 1.18. The highest BCUT2D eigenvalue weighted by Gasteiger charge is 2.29. The third-order valence-electron chi connectivity index (χ3n) is 6.59. The molecule has 208 valence electrons. The fourth-order valence-corrected chi connectivity index (χ4v) is 4.55. The number of ether oxygens (including phenoxy) is 2. The number of carbonyl (C=O) groups is 4. The molecule has 3 aromatic carbocycles. The van der Waals surface area contributed by atoms with Crippen LogP contribution in [0.4, 0.5) is 4.79 Å². The van der Waals surface area contributed by atoms with Crippen LogP contribution in [-0.2, 0) is 30.5 Å². The molecule has 0 saturated carbocycles. The van der Waals surface area contributed by atoms with Gasteiger partial charge in [-0.3, -0.25) is 9.59 Å². The van der Waals surface area contributed by atoms with Crippen molar-refractivity contribution in [3.8, 4) is 11.1 Å². The van der Waals surface area contributed by atoms with Crippen molar-refractivity contribution in [2.24, 2.45) is 0 Å².